The minimum Gasteiger partial charge on any atom is -0.353 e. The van der Waals surface area contributed by atoms with E-state index in [9.17, 15) is 0 Å². The van der Waals surface area contributed by atoms with E-state index in [1.807, 2.05) is 0 Å². The van der Waals surface area contributed by atoms with Gasteiger partial charge < -0.3 is 10.3 Å². The lowest BCUT2D eigenvalue weighted by Gasteiger charge is -2.38. The molecule has 6 nitrogen and oxygen atoms in total. The van der Waals surface area contributed by atoms with Gasteiger partial charge in [-0.2, -0.15) is 0 Å². The highest BCUT2D eigenvalue weighted by Gasteiger charge is 2.33. The van der Waals surface area contributed by atoms with Crippen LogP contribution < -0.4 is 16.2 Å². The number of piperazine rings is 1. The zero-order valence-electron chi connectivity index (χ0n) is 12.7. The highest BCUT2D eigenvalue weighted by Crippen LogP contribution is 2.40. The molecule has 3 heterocycles. The molecule has 1 atom stereocenters. The van der Waals surface area contributed by atoms with Crippen molar-refractivity contribution in [3.63, 3.8) is 0 Å². The van der Waals surface area contributed by atoms with Gasteiger partial charge in [0.1, 0.15) is 17.5 Å². The Labute approximate surface area is 125 Å². The molecule has 114 valence electrons. The first-order valence-corrected chi connectivity index (χ1v) is 8.10. The lowest BCUT2D eigenvalue weighted by molar-refractivity contribution is 0.230. The minimum absolute atomic E-state index is 0.546. The van der Waals surface area contributed by atoms with Gasteiger partial charge in [0.25, 0.3) is 0 Å². The summed E-state index contributed by atoms with van der Waals surface area (Å²) in [6, 6.07) is 0.701. The van der Waals surface area contributed by atoms with Crippen LogP contribution in [0.3, 0.4) is 0 Å². The van der Waals surface area contributed by atoms with Crippen LogP contribution in [0, 0.1) is 6.92 Å². The Morgan fingerprint density at radius 3 is 2.76 bits per heavy atom. The second-order valence-corrected chi connectivity index (χ2v) is 6.58. The Balaban J connectivity index is 1.65. The lowest BCUT2D eigenvalue weighted by Crippen LogP contribution is -2.50. The Bertz CT molecular complexity index is 541. The maximum Gasteiger partial charge on any atom is 0.148 e. The molecule has 0 amide bonds. The average Bonchev–Trinajstić information content (AvgIpc) is 3.25. The number of aromatic nitrogens is 2. The molecular weight excluding hydrogens is 264 g/mol. The maximum absolute atomic E-state index is 5.66. The summed E-state index contributed by atoms with van der Waals surface area (Å²) in [5.41, 5.74) is 3.83. The van der Waals surface area contributed by atoms with E-state index in [1.165, 1.54) is 32.2 Å². The summed E-state index contributed by atoms with van der Waals surface area (Å²) < 4.78 is 0. The zero-order chi connectivity index (χ0) is 14.4. The summed E-state index contributed by atoms with van der Waals surface area (Å²) in [7, 11) is 0. The van der Waals surface area contributed by atoms with Gasteiger partial charge >= 0.3 is 0 Å². The fourth-order valence-electron chi connectivity index (χ4n) is 3.68. The van der Waals surface area contributed by atoms with Gasteiger partial charge in [-0.3, -0.25) is 4.90 Å². The molecule has 0 aromatic carbocycles. The SMILES string of the molecule is Cc1c(NN)nc(C2CC2)nc1N1CCN2CCCC2C1. The summed E-state index contributed by atoms with van der Waals surface area (Å²) in [5, 5.41) is 0. The van der Waals surface area contributed by atoms with Gasteiger partial charge in [0, 0.05) is 37.2 Å². The number of rotatable bonds is 3. The van der Waals surface area contributed by atoms with Gasteiger partial charge in [0.05, 0.1) is 0 Å². The third-order valence-electron chi connectivity index (χ3n) is 5.10. The van der Waals surface area contributed by atoms with Crippen molar-refractivity contribution in [2.24, 2.45) is 5.84 Å². The summed E-state index contributed by atoms with van der Waals surface area (Å²) in [6.45, 7) is 6.64. The summed E-state index contributed by atoms with van der Waals surface area (Å²) in [6.07, 6.45) is 5.08. The molecule has 3 fully saturated rings. The van der Waals surface area contributed by atoms with Gasteiger partial charge in [0.15, 0.2) is 0 Å². The zero-order valence-corrected chi connectivity index (χ0v) is 12.7. The fourth-order valence-corrected chi connectivity index (χ4v) is 3.68. The second kappa shape index (κ2) is 5.10. The monoisotopic (exact) mass is 288 g/mol. The number of nitrogens with zero attached hydrogens (tertiary/aromatic N) is 4. The average molecular weight is 288 g/mol. The number of anilines is 2. The molecular formula is C15H24N6. The normalized spacial score (nSPS) is 26.0. The van der Waals surface area contributed by atoms with Crippen LogP contribution >= 0.6 is 0 Å². The van der Waals surface area contributed by atoms with E-state index in [0.717, 1.165) is 42.7 Å². The Morgan fingerprint density at radius 2 is 2.00 bits per heavy atom. The van der Waals surface area contributed by atoms with Crippen LogP contribution in [-0.4, -0.2) is 47.1 Å². The first-order valence-electron chi connectivity index (χ1n) is 8.10. The molecule has 2 aliphatic heterocycles. The van der Waals surface area contributed by atoms with Crippen molar-refractivity contribution in [2.45, 2.75) is 44.6 Å². The van der Waals surface area contributed by atoms with E-state index in [2.05, 4.69) is 27.1 Å². The first kappa shape index (κ1) is 13.3. The smallest absolute Gasteiger partial charge is 0.148 e. The molecule has 1 saturated carbocycles. The largest absolute Gasteiger partial charge is 0.353 e. The lowest BCUT2D eigenvalue weighted by atomic mass is 10.1. The van der Waals surface area contributed by atoms with E-state index in [1.54, 1.807) is 0 Å². The van der Waals surface area contributed by atoms with Crippen molar-refractivity contribution < 1.29 is 0 Å². The van der Waals surface area contributed by atoms with Crippen molar-refractivity contribution >= 4 is 11.6 Å². The molecule has 6 heteroatoms. The second-order valence-electron chi connectivity index (χ2n) is 6.58. The third kappa shape index (κ3) is 2.36. The van der Waals surface area contributed by atoms with Gasteiger partial charge in [-0.25, -0.2) is 15.8 Å². The van der Waals surface area contributed by atoms with E-state index in [-0.39, 0.29) is 0 Å². The van der Waals surface area contributed by atoms with Gasteiger partial charge in [0.2, 0.25) is 0 Å². The van der Waals surface area contributed by atoms with Crippen LogP contribution in [-0.2, 0) is 0 Å². The number of nitrogens with one attached hydrogen (secondary N) is 1. The molecule has 0 radical (unpaired) electrons. The summed E-state index contributed by atoms with van der Waals surface area (Å²) in [4.78, 5) is 14.5. The van der Waals surface area contributed by atoms with Crippen LogP contribution in [0.1, 0.15) is 43.0 Å². The molecule has 1 aliphatic carbocycles. The predicted molar refractivity (Wildman–Crippen MR) is 83.4 cm³/mol. The van der Waals surface area contributed by atoms with Crippen LogP contribution in [0.25, 0.3) is 0 Å². The highest BCUT2D eigenvalue weighted by molar-refractivity contribution is 5.59. The number of nitrogen functional groups attached to an aromatic ring is 1. The van der Waals surface area contributed by atoms with E-state index >= 15 is 0 Å². The fraction of sp³-hybridized carbons (Fsp3) is 0.733. The molecule has 21 heavy (non-hydrogen) atoms. The number of hydrogen-bond acceptors (Lipinski definition) is 6. The van der Waals surface area contributed by atoms with Crippen molar-refractivity contribution in [1.29, 1.82) is 0 Å². The molecule has 4 rings (SSSR count). The van der Waals surface area contributed by atoms with Crippen molar-refractivity contribution in [1.82, 2.24) is 14.9 Å². The Hall–Kier alpha value is -1.40. The molecule has 1 aromatic heterocycles. The Morgan fingerprint density at radius 1 is 1.14 bits per heavy atom. The molecule has 1 unspecified atom stereocenters. The molecule has 3 N–H and O–H groups in total. The standard InChI is InChI=1S/C15H24N6/c1-10-13(19-16)17-14(11-4-5-11)18-15(10)21-8-7-20-6-2-3-12(20)9-21/h11-12H,2-9,16H2,1H3,(H,17,18,19). The van der Waals surface area contributed by atoms with Crippen molar-refractivity contribution in [3.8, 4) is 0 Å². The summed E-state index contributed by atoms with van der Waals surface area (Å²) in [5.74, 6) is 9.05. The molecule has 1 aromatic rings. The van der Waals surface area contributed by atoms with Crippen molar-refractivity contribution in [3.05, 3.63) is 11.4 Å². The Kier molecular flexibility index (Phi) is 3.23. The molecule has 2 saturated heterocycles. The maximum atomic E-state index is 5.66. The topological polar surface area (TPSA) is 70.3 Å². The van der Waals surface area contributed by atoms with Crippen LogP contribution in [0.2, 0.25) is 0 Å². The van der Waals surface area contributed by atoms with E-state index < -0.39 is 0 Å². The number of hydrogen-bond donors (Lipinski definition) is 2. The molecule has 0 spiro atoms. The predicted octanol–water partition coefficient (Wildman–Crippen LogP) is 1.23. The molecule has 3 aliphatic rings. The van der Waals surface area contributed by atoms with Crippen LogP contribution in [0.15, 0.2) is 0 Å². The number of fused-ring (bicyclic) bond motifs is 1. The first-order chi connectivity index (χ1) is 10.3. The molecule has 0 bridgehead atoms. The quantitative estimate of drug-likeness (QED) is 0.644. The minimum atomic E-state index is 0.546. The van der Waals surface area contributed by atoms with Crippen molar-refractivity contribution in [2.75, 3.05) is 36.5 Å². The van der Waals surface area contributed by atoms with Gasteiger partial charge in [-0.1, -0.05) is 0 Å². The van der Waals surface area contributed by atoms with E-state index in [0.29, 0.717) is 12.0 Å². The van der Waals surface area contributed by atoms with Crippen LogP contribution in [0.4, 0.5) is 11.6 Å². The van der Waals surface area contributed by atoms with Gasteiger partial charge in [-0.15, -0.1) is 0 Å². The van der Waals surface area contributed by atoms with Gasteiger partial charge in [-0.05, 0) is 39.2 Å². The summed E-state index contributed by atoms with van der Waals surface area (Å²) >= 11 is 0. The number of hydrazine groups is 1. The number of nitrogens with two attached hydrogens (primary N) is 1. The van der Waals surface area contributed by atoms with Crippen LogP contribution in [0.5, 0.6) is 0 Å². The van der Waals surface area contributed by atoms with E-state index in [4.69, 9.17) is 10.8 Å². The third-order valence-corrected chi connectivity index (χ3v) is 5.10. The highest BCUT2D eigenvalue weighted by atomic mass is 15.3.